The summed E-state index contributed by atoms with van der Waals surface area (Å²) in [7, 11) is 0. The van der Waals surface area contributed by atoms with Crippen molar-refractivity contribution in [3.8, 4) is 0 Å². The number of carbonyl (C=O) groups is 1. The van der Waals surface area contributed by atoms with E-state index in [1.54, 1.807) is 0 Å². The molecule has 1 aliphatic carbocycles. The van der Waals surface area contributed by atoms with Gasteiger partial charge in [-0.3, -0.25) is 4.79 Å². The van der Waals surface area contributed by atoms with Crippen LogP contribution in [-0.4, -0.2) is 18.0 Å². The van der Waals surface area contributed by atoms with Gasteiger partial charge in [-0.05, 0) is 31.2 Å². The first-order valence-corrected chi connectivity index (χ1v) is 4.06. The van der Waals surface area contributed by atoms with Gasteiger partial charge in [0.25, 0.3) is 0 Å². The van der Waals surface area contributed by atoms with E-state index in [-0.39, 0.29) is 11.3 Å². The lowest BCUT2D eigenvalue weighted by atomic mass is 9.84. The summed E-state index contributed by atoms with van der Waals surface area (Å²) in [6.45, 7) is 5.01. The minimum absolute atomic E-state index is 0.152. The fraction of sp³-hybridized carbons (Fsp3) is 0.875. The highest BCUT2D eigenvalue weighted by Crippen LogP contribution is 2.62. The second-order valence-corrected chi connectivity index (χ2v) is 4.19. The Morgan fingerprint density at radius 1 is 1.64 bits per heavy atom. The van der Waals surface area contributed by atoms with Crippen molar-refractivity contribution in [2.75, 3.05) is 6.54 Å². The molecule has 2 aliphatic rings. The average molecular weight is 154 g/mol. The molecule has 3 N–H and O–H groups in total. The smallest absolute Gasteiger partial charge is 0.238 e. The van der Waals surface area contributed by atoms with E-state index in [1.165, 1.54) is 0 Å². The van der Waals surface area contributed by atoms with Crippen LogP contribution in [0.1, 0.15) is 20.3 Å². The van der Waals surface area contributed by atoms with E-state index in [0.717, 1.165) is 13.0 Å². The lowest BCUT2D eigenvalue weighted by molar-refractivity contribution is -0.125. The molecule has 0 radical (unpaired) electrons. The van der Waals surface area contributed by atoms with Crippen molar-refractivity contribution >= 4 is 5.91 Å². The maximum absolute atomic E-state index is 11.1. The monoisotopic (exact) mass is 154 g/mol. The van der Waals surface area contributed by atoms with E-state index in [1.807, 2.05) is 6.92 Å². The summed E-state index contributed by atoms with van der Waals surface area (Å²) in [5, 5.41) is 3.20. The van der Waals surface area contributed by atoms with E-state index in [0.29, 0.717) is 5.92 Å². The maximum atomic E-state index is 11.1. The molecule has 62 valence electrons. The number of hydrogen-bond acceptors (Lipinski definition) is 2. The lowest BCUT2D eigenvalue weighted by Crippen LogP contribution is -2.55. The molecule has 0 spiro atoms. The van der Waals surface area contributed by atoms with Crippen LogP contribution >= 0.6 is 0 Å². The van der Waals surface area contributed by atoms with Crippen molar-refractivity contribution in [3.63, 3.8) is 0 Å². The molecule has 1 saturated carbocycles. The maximum Gasteiger partial charge on any atom is 0.238 e. The molecular weight excluding hydrogens is 140 g/mol. The van der Waals surface area contributed by atoms with Gasteiger partial charge >= 0.3 is 0 Å². The van der Waals surface area contributed by atoms with E-state index in [9.17, 15) is 4.79 Å². The third-order valence-corrected chi connectivity index (χ3v) is 3.75. The molecule has 3 unspecified atom stereocenters. The van der Waals surface area contributed by atoms with E-state index < -0.39 is 5.54 Å². The molecule has 1 heterocycles. The number of primary amides is 1. The molecule has 0 aromatic heterocycles. The Hall–Kier alpha value is -0.570. The first-order valence-electron chi connectivity index (χ1n) is 4.06. The van der Waals surface area contributed by atoms with Crippen molar-refractivity contribution < 1.29 is 4.79 Å². The van der Waals surface area contributed by atoms with Gasteiger partial charge < -0.3 is 11.1 Å². The number of nitrogens with two attached hydrogens (primary N) is 1. The number of amides is 1. The number of rotatable bonds is 1. The van der Waals surface area contributed by atoms with Crippen LogP contribution in [0.5, 0.6) is 0 Å². The van der Waals surface area contributed by atoms with Gasteiger partial charge in [-0.25, -0.2) is 0 Å². The summed E-state index contributed by atoms with van der Waals surface area (Å²) in [5.74, 6) is 0.472. The average Bonchev–Trinajstić information content (AvgIpc) is 2.52. The van der Waals surface area contributed by atoms with Crippen LogP contribution in [0.4, 0.5) is 0 Å². The van der Waals surface area contributed by atoms with Crippen LogP contribution in [0.2, 0.25) is 0 Å². The SMILES string of the molecule is CC1(C(N)=O)NCC2CC21C. The third-order valence-electron chi connectivity index (χ3n) is 3.75. The quantitative estimate of drug-likeness (QED) is 0.552. The minimum atomic E-state index is -0.447. The number of fused-ring (bicyclic) bond motifs is 1. The fourth-order valence-electron chi connectivity index (χ4n) is 2.26. The van der Waals surface area contributed by atoms with Gasteiger partial charge in [0.15, 0.2) is 0 Å². The summed E-state index contributed by atoms with van der Waals surface area (Å²) in [4.78, 5) is 11.1. The molecule has 0 aromatic rings. The van der Waals surface area contributed by atoms with Crippen LogP contribution in [0.25, 0.3) is 0 Å². The lowest BCUT2D eigenvalue weighted by Gasteiger charge is -2.29. The summed E-state index contributed by atoms with van der Waals surface area (Å²) < 4.78 is 0. The number of nitrogens with one attached hydrogen (secondary N) is 1. The molecule has 1 saturated heterocycles. The summed E-state index contributed by atoms with van der Waals surface area (Å²) in [6.07, 6.45) is 1.15. The highest BCUT2D eigenvalue weighted by molar-refractivity contribution is 5.86. The van der Waals surface area contributed by atoms with Crippen LogP contribution in [0, 0.1) is 11.3 Å². The highest BCUT2D eigenvalue weighted by atomic mass is 16.1. The molecule has 0 aromatic carbocycles. The first kappa shape index (κ1) is 7.10. The van der Waals surface area contributed by atoms with Crippen molar-refractivity contribution in [1.29, 1.82) is 0 Å². The van der Waals surface area contributed by atoms with Crippen LogP contribution in [-0.2, 0) is 4.79 Å². The predicted molar refractivity (Wildman–Crippen MR) is 41.8 cm³/mol. The second-order valence-electron chi connectivity index (χ2n) is 4.19. The van der Waals surface area contributed by atoms with E-state index in [2.05, 4.69) is 12.2 Å². The summed E-state index contributed by atoms with van der Waals surface area (Å²) >= 11 is 0. The third kappa shape index (κ3) is 0.601. The van der Waals surface area contributed by atoms with Gasteiger partial charge in [-0.15, -0.1) is 0 Å². The van der Waals surface area contributed by atoms with Gasteiger partial charge in [-0.1, -0.05) is 6.92 Å². The first-order chi connectivity index (χ1) is 5.01. The minimum Gasteiger partial charge on any atom is -0.368 e. The Balaban J connectivity index is 2.33. The molecule has 2 fully saturated rings. The molecule has 11 heavy (non-hydrogen) atoms. The Morgan fingerprint density at radius 3 is 2.45 bits per heavy atom. The summed E-state index contributed by atoms with van der Waals surface area (Å²) in [6, 6.07) is 0. The standard InChI is InChI=1S/C8H14N2O/c1-7-3-5(7)4-10-8(7,2)6(9)11/h5,10H,3-4H2,1-2H3,(H2,9,11). The Labute approximate surface area is 66.3 Å². The zero-order valence-corrected chi connectivity index (χ0v) is 6.98. The Bertz CT molecular complexity index is 226. The number of hydrogen-bond donors (Lipinski definition) is 2. The zero-order valence-electron chi connectivity index (χ0n) is 6.98. The van der Waals surface area contributed by atoms with Gasteiger partial charge in [0.05, 0.1) is 0 Å². The molecule has 1 amide bonds. The summed E-state index contributed by atoms with van der Waals surface area (Å²) in [5.41, 5.74) is 5.04. The van der Waals surface area contributed by atoms with Crippen molar-refractivity contribution in [1.82, 2.24) is 5.32 Å². The second kappa shape index (κ2) is 1.61. The van der Waals surface area contributed by atoms with Crippen LogP contribution < -0.4 is 11.1 Å². The van der Waals surface area contributed by atoms with E-state index >= 15 is 0 Å². The highest BCUT2D eigenvalue weighted by Gasteiger charge is 2.68. The molecule has 1 aliphatic heterocycles. The normalized spacial score (nSPS) is 53.8. The number of carbonyl (C=O) groups excluding carboxylic acids is 1. The molecular formula is C8H14N2O. The van der Waals surface area contributed by atoms with Crippen LogP contribution in [0.15, 0.2) is 0 Å². The molecule has 3 atom stereocenters. The molecule has 3 heteroatoms. The van der Waals surface area contributed by atoms with Gasteiger partial charge in [0, 0.05) is 0 Å². The van der Waals surface area contributed by atoms with Gasteiger partial charge in [0.2, 0.25) is 5.91 Å². The van der Waals surface area contributed by atoms with Crippen molar-refractivity contribution in [2.24, 2.45) is 17.1 Å². The van der Waals surface area contributed by atoms with Crippen molar-refractivity contribution in [3.05, 3.63) is 0 Å². The molecule has 3 nitrogen and oxygen atoms in total. The number of piperidine rings is 1. The van der Waals surface area contributed by atoms with E-state index in [4.69, 9.17) is 5.73 Å². The molecule has 0 bridgehead atoms. The van der Waals surface area contributed by atoms with Crippen LogP contribution in [0.3, 0.4) is 0 Å². The predicted octanol–water partition coefficient (Wildman–Crippen LogP) is -0.140. The molecule has 2 rings (SSSR count). The Kier molecular flexibility index (Phi) is 1.04. The zero-order chi connectivity index (χ0) is 8.28. The van der Waals surface area contributed by atoms with Gasteiger partial charge in [0.1, 0.15) is 5.54 Å². The van der Waals surface area contributed by atoms with Crippen molar-refractivity contribution in [2.45, 2.75) is 25.8 Å². The topological polar surface area (TPSA) is 55.1 Å². The largest absolute Gasteiger partial charge is 0.368 e. The Morgan fingerprint density at radius 2 is 2.27 bits per heavy atom. The van der Waals surface area contributed by atoms with Gasteiger partial charge in [-0.2, -0.15) is 0 Å². The fourth-order valence-corrected chi connectivity index (χ4v) is 2.26.